The number of carbonyl (C=O) groups is 2. The fraction of sp³-hybridized carbons (Fsp3) is 0.905. The molecule has 0 radical (unpaired) electrons. The molecule has 1 rings (SSSR count). The predicted molar refractivity (Wildman–Crippen MR) is 106 cm³/mol. The highest BCUT2D eigenvalue weighted by Crippen LogP contribution is 2.34. The van der Waals surface area contributed by atoms with Crippen molar-refractivity contribution in [2.75, 3.05) is 26.2 Å². The lowest BCUT2D eigenvalue weighted by Crippen LogP contribution is -2.45. The summed E-state index contributed by atoms with van der Waals surface area (Å²) in [5.74, 6) is 1.02. The van der Waals surface area contributed by atoms with E-state index in [1.807, 2.05) is 6.92 Å². The monoisotopic (exact) mass is 368 g/mol. The van der Waals surface area contributed by atoms with Crippen LogP contribution in [0.1, 0.15) is 78.6 Å². The van der Waals surface area contributed by atoms with Crippen LogP contribution in [0.5, 0.6) is 0 Å². The molecule has 1 fully saturated rings. The van der Waals surface area contributed by atoms with Crippen LogP contribution in [0.25, 0.3) is 0 Å². The zero-order chi connectivity index (χ0) is 19.4. The molecule has 152 valence electrons. The largest absolute Gasteiger partial charge is 0.395 e. The first-order valence-electron chi connectivity index (χ1n) is 10.7. The Morgan fingerprint density at radius 2 is 1.85 bits per heavy atom. The van der Waals surface area contributed by atoms with Gasteiger partial charge in [-0.25, -0.2) is 0 Å². The molecule has 26 heavy (non-hydrogen) atoms. The smallest absolute Gasteiger partial charge is 0.239 e. The Labute approximate surface area is 159 Å². The highest BCUT2D eigenvalue weighted by atomic mass is 16.3. The third-order valence-electron chi connectivity index (χ3n) is 5.78. The topological polar surface area (TPSA) is 69.6 Å². The maximum absolute atomic E-state index is 13.0. The second kappa shape index (κ2) is 13.1. The lowest BCUT2D eigenvalue weighted by atomic mass is 9.76. The van der Waals surface area contributed by atoms with E-state index in [-0.39, 0.29) is 37.4 Å². The molecule has 0 saturated heterocycles. The third kappa shape index (κ3) is 8.52. The first-order chi connectivity index (χ1) is 12.5. The van der Waals surface area contributed by atoms with E-state index in [0.29, 0.717) is 12.5 Å². The summed E-state index contributed by atoms with van der Waals surface area (Å²) < 4.78 is 0. The number of amides is 2. The van der Waals surface area contributed by atoms with Crippen molar-refractivity contribution in [1.29, 1.82) is 0 Å². The van der Waals surface area contributed by atoms with Crippen molar-refractivity contribution < 1.29 is 14.7 Å². The Bertz CT molecular complexity index is 410. The number of carbonyl (C=O) groups excluding carboxylic acids is 2. The Morgan fingerprint density at radius 3 is 2.42 bits per heavy atom. The van der Waals surface area contributed by atoms with Crippen molar-refractivity contribution >= 4 is 11.8 Å². The molecular weight excluding hydrogens is 328 g/mol. The number of nitrogens with one attached hydrogen (secondary N) is 1. The van der Waals surface area contributed by atoms with Gasteiger partial charge in [-0.05, 0) is 24.7 Å². The second-order valence-corrected chi connectivity index (χ2v) is 8.05. The fourth-order valence-electron chi connectivity index (χ4n) is 3.59. The van der Waals surface area contributed by atoms with Gasteiger partial charge < -0.3 is 15.3 Å². The summed E-state index contributed by atoms with van der Waals surface area (Å²) in [5, 5.41) is 11.5. The number of hydrogen-bond acceptors (Lipinski definition) is 3. The molecule has 2 N–H and O–H groups in total. The molecule has 0 bridgehead atoms. The third-order valence-corrected chi connectivity index (χ3v) is 5.78. The number of aliphatic hydroxyl groups is 1. The van der Waals surface area contributed by atoms with E-state index in [2.05, 4.69) is 19.2 Å². The Morgan fingerprint density at radius 1 is 1.15 bits per heavy atom. The molecule has 2 unspecified atom stereocenters. The Kier molecular flexibility index (Phi) is 11.6. The SMILES string of the molecule is CCCCCCCN(CC(=O)NCCO)C(=O)C(C)C(C)CC1CCC1. The average Bonchev–Trinajstić information content (AvgIpc) is 2.60. The van der Waals surface area contributed by atoms with Gasteiger partial charge in [-0.2, -0.15) is 0 Å². The minimum atomic E-state index is -0.181. The number of unbranched alkanes of at least 4 members (excludes halogenated alkanes) is 4. The van der Waals surface area contributed by atoms with Crippen LogP contribution in [0.4, 0.5) is 0 Å². The Balaban J connectivity index is 2.54. The quantitative estimate of drug-likeness (QED) is 0.462. The molecule has 0 spiro atoms. The first-order valence-corrected chi connectivity index (χ1v) is 10.7. The van der Waals surface area contributed by atoms with E-state index in [4.69, 9.17) is 5.11 Å². The summed E-state index contributed by atoms with van der Waals surface area (Å²) in [5.41, 5.74) is 0. The minimum Gasteiger partial charge on any atom is -0.395 e. The molecule has 1 aliphatic rings. The highest BCUT2D eigenvalue weighted by molar-refractivity contribution is 5.85. The summed E-state index contributed by atoms with van der Waals surface area (Å²) >= 11 is 0. The molecule has 0 aliphatic heterocycles. The van der Waals surface area contributed by atoms with Gasteiger partial charge in [-0.1, -0.05) is 65.7 Å². The van der Waals surface area contributed by atoms with Crippen LogP contribution in [-0.2, 0) is 9.59 Å². The molecule has 5 heteroatoms. The maximum Gasteiger partial charge on any atom is 0.239 e. The van der Waals surface area contributed by atoms with Crippen LogP contribution >= 0.6 is 0 Å². The van der Waals surface area contributed by atoms with Gasteiger partial charge in [0, 0.05) is 19.0 Å². The highest BCUT2D eigenvalue weighted by Gasteiger charge is 2.29. The normalized spacial score (nSPS) is 16.6. The molecule has 2 amide bonds. The standard InChI is InChI=1S/C21H40N2O3/c1-4-5-6-7-8-13-23(16-20(25)22-12-14-24)21(26)18(3)17(2)15-19-10-9-11-19/h17-19,24H,4-16H2,1-3H3,(H,22,25). The van der Waals surface area contributed by atoms with Crippen LogP contribution in [0.2, 0.25) is 0 Å². The van der Waals surface area contributed by atoms with E-state index in [0.717, 1.165) is 25.2 Å². The minimum absolute atomic E-state index is 0.0446. The van der Waals surface area contributed by atoms with Gasteiger partial charge in [0.1, 0.15) is 0 Å². The van der Waals surface area contributed by atoms with Gasteiger partial charge in [-0.15, -0.1) is 0 Å². The van der Waals surface area contributed by atoms with E-state index >= 15 is 0 Å². The molecule has 5 nitrogen and oxygen atoms in total. The van der Waals surface area contributed by atoms with Crippen molar-refractivity contribution in [2.45, 2.75) is 78.6 Å². The maximum atomic E-state index is 13.0. The van der Waals surface area contributed by atoms with Crippen LogP contribution < -0.4 is 5.32 Å². The molecular formula is C21H40N2O3. The van der Waals surface area contributed by atoms with Crippen LogP contribution in [-0.4, -0.2) is 48.1 Å². The lowest BCUT2D eigenvalue weighted by molar-refractivity contribution is -0.140. The van der Waals surface area contributed by atoms with E-state index in [1.54, 1.807) is 4.90 Å². The summed E-state index contributed by atoms with van der Waals surface area (Å²) in [6.45, 7) is 7.29. The molecule has 0 aromatic heterocycles. The lowest BCUT2D eigenvalue weighted by Gasteiger charge is -2.32. The van der Waals surface area contributed by atoms with Gasteiger partial charge >= 0.3 is 0 Å². The zero-order valence-electron chi connectivity index (χ0n) is 17.1. The second-order valence-electron chi connectivity index (χ2n) is 8.05. The van der Waals surface area contributed by atoms with Gasteiger partial charge in [0.15, 0.2) is 0 Å². The van der Waals surface area contributed by atoms with Crippen LogP contribution in [0, 0.1) is 17.8 Å². The molecule has 2 atom stereocenters. The van der Waals surface area contributed by atoms with Crippen molar-refractivity contribution in [3.8, 4) is 0 Å². The van der Waals surface area contributed by atoms with Crippen molar-refractivity contribution in [1.82, 2.24) is 10.2 Å². The summed E-state index contributed by atoms with van der Waals surface area (Å²) in [4.78, 5) is 26.8. The Hall–Kier alpha value is -1.10. The molecule has 1 saturated carbocycles. The molecule has 0 aromatic rings. The van der Waals surface area contributed by atoms with Gasteiger partial charge in [-0.3, -0.25) is 9.59 Å². The van der Waals surface area contributed by atoms with Crippen molar-refractivity contribution in [3.05, 3.63) is 0 Å². The predicted octanol–water partition coefficient (Wildman–Crippen LogP) is 3.36. The zero-order valence-corrected chi connectivity index (χ0v) is 17.1. The van der Waals surface area contributed by atoms with Gasteiger partial charge in [0.05, 0.1) is 13.2 Å². The van der Waals surface area contributed by atoms with Crippen LogP contribution in [0.15, 0.2) is 0 Å². The van der Waals surface area contributed by atoms with Crippen molar-refractivity contribution in [3.63, 3.8) is 0 Å². The number of aliphatic hydroxyl groups excluding tert-OH is 1. The average molecular weight is 369 g/mol. The van der Waals surface area contributed by atoms with E-state index in [1.165, 1.54) is 38.5 Å². The molecule has 0 heterocycles. The summed E-state index contributed by atoms with van der Waals surface area (Å²) in [6.07, 6.45) is 10.7. The number of hydrogen-bond donors (Lipinski definition) is 2. The fourth-order valence-corrected chi connectivity index (χ4v) is 3.59. The molecule has 0 aromatic carbocycles. The van der Waals surface area contributed by atoms with Gasteiger partial charge in [0.25, 0.3) is 0 Å². The summed E-state index contributed by atoms with van der Waals surface area (Å²) in [6, 6.07) is 0. The van der Waals surface area contributed by atoms with E-state index < -0.39 is 0 Å². The van der Waals surface area contributed by atoms with Gasteiger partial charge in [0.2, 0.25) is 11.8 Å². The van der Waals surface area contributed by atoms with Crippen molar-refractivity contribution in [2.24, 2.45) is 17.8 Å². The number of rotatable bonds is 14. The van der Waals surface area contributed by atoms with E-state index in [9.17, 15) is 9.59 Å². The summed E-state index contributed by atoms with van der Waals surface area (Å²) in [7, 11) is 0. The first kappa shape index (κ1) is 22.9. The van der Waals surface area contributed by atoms with Crippen LogP contribution in [0.3, 0.4) is 0 Å². The number of nitrogens with zero attached hydrogens (tertiary/aromatic N) is 1. The molecule has 1 aliphatic carbocycles.